The predicted molar refractivity (Wildman–Crippen MR) is 97.8 cm³/mol. The number of benzene rings is 2. The maximum atomic E-state index is 12.0. The first-order chi connectivity index (χ1) is 11.5. The average molecular weight is 367 g/mol. The van der Waals surface area contributed by atoms with Gasteiger partial charge in [-0.05, 0) is 37.9 Å². The summed E-state index contributed by atoms with van der Waals surface area (Å²) < 4.78 is 5.44. The van der Waals surface area contributed by atoms with Gasteiger partial charge in [0.1, 0.15) is 5.75 Å². The smallest absolute Gasteiger partial charge is 0.258 e. The van der Waals surface area contributed by atoms with Crippen molar-refractivity contribution >= 4 is 29.1 Å². The van der Waals surface area contributed by atoms with Crippen molar-refractivity contribution in [2.24, 2.45) is 0 Å². The van der Waals surface area contributed by atoms with Crippen molar-refractivity contribution in [3.8, 4) is 5.75 Å². The Bertz CT molecular complexity index is 678. The van der Waals surface area contributed by atoms with Crippen LogP contribution in [-0.2, 0) is 4.79 Å². The topological polar surface area (TPSA) is 41.6 Å². The van der Waals surface area contributed by atoms with E-state index in [-0.39, 0.29) is 18.6 Å². The summed E-state index contributed by atoms with van der Waals surface area (Å²) in [5, 5.41) is 3.79. The standard InChI is InChI=1S/C18H20Cl2N2O2/c1-22(2)16(13-6-4-3-5-7-13)11-21-18(23)12-24-17-9-8-14(19)10-15(17)20/h3-10,16H,11-12H2,1-2H3,(H,21,23). The normalized spacial score (nSPS) is 12.0. The summed E-state index contributed by atoms with van der Waals surface area (Å²) in [5.74, 6) is 0.229. The van der Waals surface area contributed by atoms with Crippen LogP contribution >= 0.6 is 23.2 Å². The van der Waals surface area contributed by atoms with Gasteiger partial charge in [-0.25, -0.2) is 0 Å². The number of nitrogens with zero attached hydrogens (tertiary/aromatic N) is 1. The number of rotatable bonds is 7. The van der Waals surface area contributed by atoms with E-state index >= 15 is 0 Å². The quantitative estimate of drug-likeness (QED) is 0.810. The van der Waals surface area contributed by atoms with Gasteiger partial charge in [-0.15, -0.1) is 0 Å². The third-order valence-corrected chi connectivity index (χ3v) is 4.08. The Morgan fingerprint density at radius 2 is 1.88 bits per heavy atom. The van der Waals surface area contributed by atoms with Crippen molar-refractivity contribution < 1.29 is 9.53 Å². The third kappa shape index (κ3) is 5.41. The van der Waals surface area contributed by atoms with E-state index in [9.17, 15) is 4.79 Å². The highest BCUT2D eigenvalue weighted by molar-refractivity contribution is 6.35. The van der Waals surface area contributed by atoms with Gasteiger partial charge in [0.15, 0.2) is 6.61 Å². The van der Waals surface area contributed by atoms with E-state index < -0.39 is 0 Å². The largest absolute Gasteiger partial charge is 0.482 e. The molecule has 2 aromatic rings. The van der Waals surface area contributed by atoms with Gasteiger partial charge in [0.25, 0.3) is 5.91 Å². The molecule has 0 fully saturated rings. The van der Waals surface area contributed by atoms with Crippen LogP contribution in [0.15, 0.2) is 48.5 Å². The van der Waals surface area contributed by atoms with Gasteiger partial charge < -0.3 is 15.0 Å². The minimum Gasteiger partial charge on any atom is -0.482 e. The first kappa shape index (κ1) is 18.6. The van der Waals surface area contributed by atoms with E-state index in [1.165, 1.54) is 0 Å². The molecule has 2 aromatic carbocycles. The number of nitrogens with one attached hydrogen (secondary N) is 1. The molecule has 1 N–H and O–H groups in total. The number of halogens is 2. The fourth-order valence-corrected chi connectivity index (χ4v) is 2.73. The number of hydrogen-bond acceptors (Lipinski definition) is 3. The highest BCUT2D eigenvalue weighted by Gasteiger charge is 2.15. The molecule has 0 aromatic heterocycles. The summed E-state index contributed by atoms with van der Waals surface area (Å²) in [6, 6.07) is 15.0. The molecule has 0 heterocycles. The lowest BCUT2D eigenvalue weighted by molar-refractivity contribution is -0.123. The minimum atomic E-state index is -0.205. The first-order valence-electron chi connectivity index (χ1n) is 7.53. The second-order valence-electron chi connectivity index (χ2n) is 5.56. The molecule has 0 saturated heterocycles. The summed E-state index contributed by atoms with van der Waals surface area (Å²) >= 11 is 11.8. The lowest BCUT2D eigenvalue weighted by Gasteiger charge is -2.25. The number of carbonyl (C=O) groups excluding carboxylic acids is 1. The summed E-state index contributed by atoms with van der Waals surface area (Å²) in [5.41, 5.74) is 1.14. The first-order valence-corrected chi connectivity index (χ1v) is 8.29. The maximum absolute atomic E-state index is 12.0. The molecule has 0 bridgehead atoms. The lowest BCUT2D eigenvalue weighted by Crippen LogP contribution is -2.36. The molecule has 0 aliphatic carbocycles. The molecule has 1 atom stereocenters. The highest BCUT2D eigenvalue weighted by atomic mass is 35.5. The molecule has 1 amide bonds. The summed E-state index contributed by atoms with van der Waals surface area (Å²) in [7, 11) is 3.96. The van der Waals surface area contributed by atoms with Crippen LogP contribution in [0.3, 0.4) is 0 Å². The van der Waals surface area contributed by atoms with Crippen molar-refractivity contribution in [2.45, 2.75) is 6.04 Å². The zero-order valence-corrected chi connectivity index (χ0v) is 15.1. The number of likely N-dealkylation sites (N-methyl/N-ethyl adjacent to an activating group) is 1. The Balaban J connectivity index is 1.87. The minimum absolute atomic E-state index is 0.0919. The van der Waals surface area contributed by atoms with Crippen LogP contribution in [0, 0.1) is 0 Å². The van der Waals surface area contributed by atoms with Gasteiger partial charge in [-0.2, -0.15) is 0 Å². The number of amides is 1. The summed E-state index contributed by atoms with van der Waals surface area (Å²) in [4.78, 5) is 14.1. The van der Waals surface area contributed by atoms with E-state index in [4.69, 9.17) is 27.9 Å². The predicted octanol–water partition coefficient (Wildman–Crippen LogP) is 3.79. The molecule has 4 nitrogen and oxygen atoms in total. The molecule has 0 aliphatic rings. The van der Waals surface area contributed by atoms with Crippen molar-refractivity contribution in [2.75, 3.05) is 27.2 Å². The van der Waals surface area contributed by atoms with Gasteiger partial charge in [-0.3, -0.25) is 4.79 Å². The maximum Gasteiger partial charge on any atom is 0.258 e. The molecule has 2 rings (SSSR count). The van der Waals surface area contributed by atoms with Crippen LogP contribution < -0.4 is 10.1 Å². The molecule has 128 valence electrons. The van der Waals surface area contributed by atoms with Crippen LogP contribution in [0.1, 0.15) is 11.6 Å². The Morgan fingerprint density at radius 1 is 1.17 bits per heavy atom. The van der Waals surface area contributed by atoms with Crippen LogP contribution in [-0.4, -0.2) is 38.1 Å². The SMILES string of the molecule is CN(C)C(CNC(=O)COc1ccc(Cl)cc1Cl)c1ccccc1. The van der Waals surface area contributed by atoms with E-state index in [0.29, 0.717) is 22.3 Å². The second kappa shape index (κ2) is 8.92. The summed E-state index contributed by atoms with van der Waals surface area (Å²) in [6.45, 7) is 0.393. The fourth-order valence-electron chi connectivity index (χ4n) is 2.27. The number of carbonyl (C=O) groups is 1. The molecule has 0 saturated carbocycles. The fraction of sp³-hybridized carbons (Fsp3) is 0.278. The molecule has 0 radical (unpaired) electrons. The van der Waals surface area contributed by atoms with Crippen molar-refractivity contribution in [3.63, 3.8) is 0 Å². The Hall–Kier alpha value is -1.75. The monoisotopic (exact) mass is 366 g/mol. The molecule has 24 heavy (non-hydrogen) atoms. The van der Waals surface area contributed by atoms with E-state index in [2.05, 4.69) is 10.2 Å². The second-order valence-corrected chi connectivity index (χ2v) is 6.40. The molecule has 0 spiro atoms. The molecule has 6 heteroatoms. The molecule has 1 unspecified atom stereocenters. The van der Waals surface area contributed by atoms with Crippen LogP contribution in [0.25, 0.3) is 0 Å². The molecular weight excluding hydrogens is 347 g/mol. The molecular formula is C18H20Cl2N2O2. The number of ether oxygens (including phenoxy) is 1. The highest BCUT2D eigenvalue weighted by Crippen LogP contribution is 2.27. The number of hydrogen-bond donors (Lipinski definition) is 1. The van der Waals surface area contributed by atoms with Crippen molar-refractivity contribution in [1.82, 2.24) is 10.2 Å². The van der Waals surface area contributed by atoms with E-state index in [1.54, 1.807) is 18.2 Å². The van der Waals surface area contributed by atoms with Gasteiger partial charge in [0.05, 0.1) is 11.1 Å². The molecule has 0 aliphatic heterocycles. The van der Waals surface area contributed by atoms with Gasteiger partial charge >= 0.3 is 0 Å². The van der Waals surface area contributed by atoms with E-state index in [0.717, 1.165) is 5.56 Å². The Morgan fingerprint density at radius 3 is 2.50 bits per heavy atom. The van der Waals surface area contributed by atoms with Crippen molar-refractivity contribution in [3.05, 3.63) is 64.1 Å². The van der Waals surface area contributed by atoms with Gasteiger partial charge in [0.2, 0.25) is 0 Å². The zero-order chi connectivity index (χ0) is 17.5. The van der Waals surface area contributed by atoms with Crippen LogP contribution in [0.4, 0.5) is 0 Å². The summed E-state index contributed by atoms with van der Waals surface area (Å²) in [6.07, 6.45) is 0. The van der Waals surface area contributed by atoms with Crippen LogP contribution in [0.5, 0.6) is 5.75 Å². The van der Waals surface area contributed by atoms with E-state index in [1.807, 2.05) is 44.4 Å². The van der Waals surface area contributed by atoms with Gasteiger partial charge in [-0.1, -0.05) is 53.5 Å². The Labute approximate surface area is 152 Å². The van der Waals surface area contributed by atoms with Crippen molar-refractivity contribution in [1.29, 1.82) is 0 Å². The Kier molecular flexibility index (Phi) is 6.91. The van der Waals surface area contributed by atoms with Gasteiger partial charge in [0, 0.05) is 11.6 Å². The third-order valence-electron chi connectivity index (χ3n) is 3.55. The average Bonchev–Trinajstić information content (AvgIpc) is 2.55. The van der Waals surface area contributed by atoms with Crippen LogP contribution in [0.2, 0.25) is 10.0 Å². The lowest BCUT2D eigenvalue weighted by atomic mass is 10.1. The zero-order valence-electron chi connectivity index (χ0n) is 13.6.